The first-order valence-electron chi connectivity index (χ1n) is 14.6. The van der Waals surface area contributed by atoms with Gasteiger partial charge in [-0.2, -0.15) is 9.97 Å². The molecule has 5 N–H and O–H groups in total. The van der Waals surface area contributed by atoms with Crippen molar-refractivity contribution in [2.75, 3.05) is 50.2 Å². The van der Waals surface area contributed by atoms with Gasteiger partial charge in [-0.05, 0) is 44.1 Å². The number of allylic oxidation sites excluding steroid dienone is 1. The van der Waals surface area contributed by atoms with E-state index in [1.807, 2.05) is 12.3 Å². The zero-order chi connectivity index (χ0) is 27.1. The lowest BCUT2D eigenvalue weighted by molar-refractivity contribution is 0.00791. The van der Waals surface area contributed by atoms with Gasteiger partial charge in [-0.15, -0.1) is 0 Å². The van der Waals surface area contributed by atoms with Crippen LogP contribution >= 0.6 is 0 Å². The number of benzene rings is 1. The Bertz CT molecular complexity index is 1300. The van der Waals surface area contributed by atoms with Crippen molar-refractivity contribution < 1.29 is 9.47 Å². The van der Waals surface area contributed by atoms with E-state index in [4.69, 9.17) is 30.2 Å². The topological polar surface area (TPSA) is 126 Å². The third kappa shape index (κ3) is 6.29. The molecule has 2 aliphatic heterocycles. The normalized spacial score (nSPS) is 23.6. The minimum absolute atomic E-state index is 0.246. The van der Waals surface area contributed by atoms with Gasteiger partial charge in [0.05, 0.1) is 30.3 Å². The van der Waals surface area contributed by atoms with Crippen LogP contribution < -0.4 is 16.4 Å². The van der Waals surface area contributed by atoms with Crippen LogP contribution in [-0.2, 0) is 9.47 Å². The summed E-state index contributed by atoms with van der Waals surface area (Å²) in [5.74, 6) is 1.31. The lowest BCUT2D eigenvalue weighted by Crippen LogP contribution is -2.46. The molecular formula is C30H40N8O2. The third-order valence-corrected chi connectivity index (χ3v) is 8.27. The average Bonchev–Trinajstić information content (AvgIpc) is 3.45. The molecule has 3 aromatic rings. The Morgan fingerprint density at radius 1 is 0.975 bits per heavy atom. The number of hydrogen-bond donors (Lipinski definition) is 4. The van der Waals surface area contributed by atoms with Crippen LogP contribution in [0.3, 0.4) is 0 Å². The van der Waals surface area contributed by atoms with Crippen molar-refractivity contribution in [3.8, 4) is 11.1 Å². The number of nitrogens with one attached hydrogen (secondary N) is 3. The molecule has 1 aliphatic carbocycles. The Labute approximate surface area is 235 Å². The lowest BCUT2D eigenvalue weighted by atomic mass is 9.90. The van der Waals surface area contributed by atoms with Gasteiger partial charge in [0, 0.05) is 62.6 Å². The van der Waals surface area contributed by atoms with E-state index >= 15 is 0 Å². The molecule has 1 aromatic carbocycles. The molecule has 2 saturated heterocycles. The maximum atomic E-state index is 5.96. The molecule has 0 amide bonds. The summed E-state index contributed by atoms with van der Waals surface area (Å²) in [6, 6.07) is 11.6. The van der Waals surface area contributed by atoms with Gasteiger partial charge in [-0.25, -0.2) is 0 Å². The first-order chi connectivity index (χ1) is 19.8. The van der Waals surface area contributed by atoms with E-state index in [0.29, 0.717) is 23.7 Å². The highest BCUT2D eigenvalue weighted by Gasteiger charge is 2.28. The molecule has 0 bridgehead atoms. The van der Waals surface area contributed by atoms with Gasteiger partial charge in [-0.3, -0.25) is 9.89 Å². The van der Waals surface area contributed by atoms with Crippen LogP contribution in [0.25, 0.3) is 22.2 Å². The molecule has 6 rings (SSSR count). The summed E-state index contributed by atoms with van der Waals surface area (Å²) in [4.78, 5) is 20.5. The van der Waals surface area contributed by atoms with Gasteiger partial charge in [0.25, 0.3) is 0 Å². The van der Waals surface area contributed by atoms with Crippen LogP contribution in [0.1, 0.15) is 38.5 Å². The van der Waals surface area contributed by atoms with E-state index in [0.717, 1.165) is 93.2 Å². The highest BCUT2D eigenvalue weighted by Crippen LogP contribution is 2.35. The van der Waals surface area contributed by atoms with Crippen molar-refractivity contribution >= 4 is 29.0 Å². The number of rotatable bonds is 8. The number of H-pyrrole nitrogens is 1. The summed E-state index contributed by atoms with van der Waals surface area (Å²) >= 11 is 0. The number of aliphatic imine (C=N–C) groups is 1. The molecule has 40 heavy (non-hydrogen) atoms. The first-order valence-corrected chi connectivity index (χ1v) is 14.6. The molecule has 3 fully saturated rings. The lowest BCUT2D eigenvalue weighted by Gasteiger charge is -2.39. The Morgan fingerprint density at radius 2 is 1.73 bits per heavy atom. The van der Waals surface area contributed by atoms with E-state index in [2.05, 4.69) is 44.8 Å². The Hall–Kier alpha value is -3.47. The highest BCUT2D eigenvalue weighted by molar-refractivity contribution is 6.01. The zero-order valence-corrected chi connectivity index (χ0v) is 23.0. The predicted molar refractivity (Wildman–Crippen MR) is 160 cm³/mol. The van der Waals surface area contributed by atoms with E-state index < -0.39 is 0 Å². The fourth-order valence-electron chi connectivity index (χ4n) is 6.03. The Kier molecular flexibility index (Phi) is 8.56. The molecule has 0 atom stereocenters. The minimum Gasteiger partial charge on any atom is -0.403 e. The molecule has 2 aromatic heterocycles. The third-order valence-electron chi connectivity index (χ3n) is 8.27. The van der Waals surface area contributed by atoms with E-state index in [-0.39, 0.29) is 6.04 Å². The fraction of sp³-hybridized carbons (Fsp3) is 0.500. The fourth-order valence-corrected chi connectivity index (χ4v) is 6.03. The minimum atomic E-state index is 0.246. The van der Waals surface area contributed by atoms with E-state index in [9.17, 15) is 0 Å². The van der Waals surface area contributed by atoms with Gasteiger partial charge >= 0.3 is 0 Å². The number of anilines is 2. The molecule has 10 nitrogen and oxygen atoms in total. The van der Waals surface area contributed by atoms with Crippen molar-refractivity contribution in [3.05, 3.63) is 48.4 Å². The SMILES string of the molecule is NC=C(C=NC1CCOCC1)Nc1nc(NC2CCC(N3CCOCC3)CC2)c2c(-c3ccccc3)c[nH]c2n1. The molecule has 0 radical (unpaired) electrons. The summed E-state index contributed by atoms with van der Waals surface area (Å²) in [7, 11) is 0. The molecule has 4 heterocycles. The number of nitrogens with zero attached hydrogens (tertiary/aromatic N) is 4. The van der Waals surface area contributed by atoms with Gasteiger partial charge in [0.1, 0.15) is 11.5 Å². The van der Waals surface area contributed by atoms with E-state index in [1.165, 1.54) is 19.0 Å². The predicted octanol–water partition coefficient (Wildman–Crippen LogP) is 4.14. The summed E-state index contributed by atoms with van der Waals surface area (Å²) < 4.78 is 11.0. The second kappa shape index (κ2) is 12.8. The molecule has 1 saturated carbocycles. The second-order valence-electron chi connectivity index (χ2n) is 10.9. The molecular weight excluding hydrogens is 504 g/mol. The molecule has 0 unspecified atom stereocenters. The standard InChI is InChI=1S/C30H40N8O2/c31-18-24(19-32-22-10-14-39-15-11-22)35-30-36-28-27(26(20-33-28)21-4-2-1-3-5-21)29(37-30)34-23-6-8-25(9-7-23)38-12-16-40-17-13-38/h1-5,18-20,22-23,25H,6-17,31H2,(H3,33,34,35,36,37). The molecule has 0 spiro atoms. The number of nitrogens with two attached hydrogens (primary N) is 1. The summed E-state index contributed by atoms with van der Waals surface area (Å²) in [6.45, 7) is 5.28. The van der Waals surface area contributed by atoms with Gasteiger partial charge < -0.3 is 30.8 Å². The molecule has 3 aliphatic rings. The average molecular weight is 545 g/mol. The zero-order valence-electron chi connectivity index (χ0n) is 23.0. The van der Waals surface area contributed by atoms with Crippen molar-refractivity contribution in [3.63, 3.8) is 0 Å². The van der Waals surface area contributed by atoms with Crippen LogP contribution in [0, 0.1) is 0 Å². The number of aromatic nitrogens is 3. The molecule has 212 valence electrons. The summed E-state index contributed by atoms with van der Waals surface area (Å²) in [5.41, 5.74) is 9.61. The first kappa shape index (κ1) is 26.7. The van der Waals surface area contributed by atoms with Crippen molar-refractivity contribution in [2.24, 2.45) is 10.7 Å². The van der Waals surface area contributed by atoms with Gasteiger partial charge in [0.2, 0.25) is 5.95 Å². The summed E-state index contributed by atoms with van der Waals surface area (Å²) in [5, 5.41) is 8.10. The van der Waals surface area contributed by atoms with Crippen LogP contribution in [0.2, 0.25) is 0 Å². The smallest absolute Gasteiger partial charge is 0.231 e. The van der Waals surface area contributed by atoms with Gasteiger partial charge in [0.15, 0.2) is 0 Å². The number of fused-ring (bicyclic) bond motifs is 1. The quantitative estimate of drug-likeness (QED) is 0.312. The van der Waals surface area contributed by atoms with Crippen LogP contribution in [0.5, 0.6) is 0 Å². The number of hydrogen-bond acceptors (Lipinski definition) is 9. The van der Waals surface area contributed by atoms with Crippen molar-refractivity contribution in [2.45, 2.75) is 56.7 Å². The van der Waals surface area contributed by atoms with Crippen LogP contribution in [-0.4, -0.2) is 83.7 Å². The van der Waals surface area contributed by atoms with Crippen LogP contribution in [0.15, 0.2) is 53.4 Å². The Balaban J connectivity index is 1.23. The monoisotopic (exact) mass is 544 g/mol. The summed E-state index contributed by atoms with van der Waals surface area (Å²) in [6.07, 6.45) is 11.7. The maximum Gasteiger partial charge on any atom is 0.231 e. The Morgan fingerprint density at radius 3 is 2.48 bits per heavy atom. The number of ether oxygens (including phenoxy) is 2. The van der Waals surface area contributed by atoms with Gasteiger partial charge in [-0.1, -0.05) is 30.3 Å². The number of morpholine rings is 1. The maximum absolute atomic E-state index is 5.96. The van der Waals surface area contributed by atoms with Crippen molar-refractivity contribution in [1.82, 2.24) is 19.9 Å². The number of aromatic amines is 1. The molecule has 10 heteroatoms. The van der Waals surface area contributed by atoms with Crippen LogP contribution in [0.4, 0.5) is 11.8 Å². The second-order valence-corrected chi connectivity index (χ2v) is 10.9. The van der Waals surface area contributed by atoms with Crippen molar-refractivity contribution in [1.29, 1.82) is 0 Å². The largest absolute Gasteiger partial charge is 0.403 e. The van der Waals surface area contributed by atoms with E-state index in [1.54, 1.807) is 6.21 Å². The highest BCUT2D eigenvalue weighted by atomic mass is 16.5.